The maximum absolute atomic E-state index is 15.6. The molecule has 12 nitrogen and oxygen atoms in total. The van der Waals surface area contributed by atoms with Gasteiger partial charge in [-0.25, -0.2) is 19.2 Å². The lowest BCUT2D eigenvalue weighted by molar-refractivity contribution is -0.127. The number of amides is 2. The quantitative estimate of drug-likeness (QED) is 0.113. The molecule has 22 heteroatoms. The van der Waals surface area contributed by atoms with Crippen LogP contribution in [0.15, 0.2) is 61.6 Å². The molecule has 0 unspecified atom stereocenters. The molecule has 1 aliphatic rings. The minimum absolute atomic E-state index is 0.0955. The zero-order valence-electron chi connectivity index (χ0n) is 32.5. The zero-order chi connectivity index (χ0) is 38.9. The van der Waals surface area contributed by atoms with Crippen LogP contribution in [0.2, 0.25) is 15.3 Å². The van der Waals surface area contributed by atoms with Crippen molar-refractivity contribution in [3.05, 3.63) is 67.4 Å². The van der Waals surface area contributed by atoms with Crippen LogP contribution in [-0.4, -0.2) is 139 Å². The first kappa shape index (κ1) is 39.6. The number of aromatic nitrogens is 4. The standard InChI is InChI=1S/C31H43B9FN7O5/c1-3-25(49)47-9-6-16(7-10-47)52-23-13-18-21(14-22(23)51-2)42-15-43-26(18)44-20-5-4-17(12-19(20)41)53-24-8-11-48(46-24)27(50)45-28(29(32,33)34,30(35,36)37)31(38,39)40/h3-5,8,11-16H,1,6-7,9-10,32-40H2,2H3,(H,45,50)(H,42,43,44). The number of halogens is 1. The molecule has 4 aromatic rings. The van der Waals surface area contributed by atoms with E-state index in [1.165, 1.54) is 35.4 Å². The Labute approximate surface area is 318 Å². The van der Waals surface area contributed by atoms with Gasteiger partial charge in [0.25, 0.3) is 0 Å². The number of benzene rings is 2. The fraction of sp³-hybridized carbons (Fsp3) is 0.323. The van der Waals surface area contributed by atoms with Crippen molar-refractivity contribution in [3.8, 4) is 23.1 Å². The molecule has 0 bridgehead atoms. The highest BCUT2D eigenvalue weighted by molar-refractivity contribution is 6.71. The highest BCUT2D eigenvalue weighted by Crippen LogP contribution is 2.53. The first-order valence-corrected chi connectivity index (χ1v) is 17.8. The maximum atomic E-state index is 15.6. The van der Waals surface area contributed by atoms with Gasteiger partial charge in [-0.05, 0) is 29.8 Å². The summed E-state index contributed by atoms with van der Waals surface area (Å²) < 4.78 is 34.6. The topological polar surface area (TPSA) is 133 Å². The predicted molar refractivity (Wildman–Crippen MR) is 230 cm³/mol. The summed E-state index contributed by atoms with van der Waals surface area (Å²) in [6.07, 6.45) is 5.39. The molecule has 0 atom stereocenters. The van der Waals surface area contributed by atoms with Crippen molar-refractivity contribution in [1.29, 1.82) is 0 Å². The molecule has 53 heavy (non-hydrogen) atoms. The second-order valence-corrected chi connectivity index (χ2v) is 16.5. The fourth-order valence-corrected chi connectivity index (χ4v) is 8.46. The summed E-state index contributed by atoms with van der Waals surface area (Å²) in [7, 11) is 20.7. The summed E-state index contributed by atoms with van der Waals surface area (Å²) in [6.45, 7) is 4.69. The number of ether oxygens (including phenoxy) is 3. The molecule has 5 rings (SSSR count). The average Bonchev–Trinajstić information content (AvgIpc) is 3.55. The van der Waals surface area contributed by atoms with Crippen LogP contribution < -0.4 is 24.8 Å². The molecule has 0 spiro atoms. The Morgan fingerprint density at radius 3 is 2.19 bits per heavy atom. The van der Waals surface area contributed by atoms with Crippen LogP contribution in [0, 0.1) is 5.82 Å². The van der Waals surface area contributed by atoms with Crippen LogP contribution in [0.4, 0.5) is 20.7 Å². The third-order valence-corrected chi connectivity index (χ3v) is 10.0. The number of fused-ring (bicyclic) bond motifs is 1. The van der Waals surface area contributed by atoms with Crippen molar-refractivity contribution in [1.82, 2.24) is 30.0 Å². The maximum Gasteiger partial charge on any atom is 0.342 e. The molecule has 0 aliphatic carbocycles. The molecule has 1 fully saturated rings. The van der Waals surface area contributed by atoms with Gasteiger partial charge in [-0.1, -0.05) is 21.9 Å². The van der Waals surface area contributed by atoms with Crippen LogP contribution in [0.5, 0.6) is 23.1 Å². The molecule has 1 aliphatic heterocycles. The lowest BCUT2D eigenvalue weighted by Gasteiger charge is -2.63. The van der Waals surface area contributed by atoms with Crippen LogP contribution in [0.3, 0.4) is 0 Å². The third-order valence-electron chi connectivity index (χ3n) is 10.0. The highest BCUT2D eigenvalue weighted by Gasteiger charge is 2.56. The lowest BCUT2D eigenvalue weighted by atomic mass is 9.12. The van der Waals surface area contributed by atoms with Gasteiger partial charge in [-0.2, -0.15) is 4.68 Å². The van der Waals surface area contributed by atoms with E-state index in [2.05, 4.69) is 103 Å². The Kier molecular flexibility index (Phi) is 11.2. The van der Waals surface area contributed by atoms with Gasteiger partial charge in [-0.15, -0.1) is 5.10 Å². The molecular formula is C31H43B9FN7O5. The first-order chi connectivity index (χ1) is 24.8. The monoisotopic (exact) mass is 711 g/mol. The van der Waals surface area contributed by atoms with Gasteiger partial charge in [0.15, 0.2) is 11.5 Å². The smallest absolute Gasteiger partial charge is 0.342 e. The molecule has 2 aromatic carbocycles. The second-order valence-electron chi connectivity index (χ2n) is 16.5. The van der Waals surface area contributed by atoms with Gasteiger partial charge in [0.2, 0.25) is 11.8 Å². The molecule has 0 saturated carbocycles. The minimum atomic E-state index is -0.620. The van der Waals surface area contributed by atoms with Gasteiger partial charge in [-0.3, -0.25) is 4.79 Å². The van der Waals surface area contributed by atoms with Crippen molar-refractivity contribution >= 4 is 105 Å². The van der Waals surface area contributed by atoms with Crippen LogP contribution in [-0.2, 0) is 4.79 Å². The number of piperidine rings is 1. The van der Waals surface area contributed by atoms with Crippen molar-refractivity contribution in [2.75, 3.05) is 25.5 Å². The van der Waals surface area contributed by atoms with Crippen molar-refractivity contribution in [3.63, 3.8) is 0 Å². The minimum Gasteiger partial charge on any atom is -0.493 e. The van der Waals surface area contributed by atoms with Gasteiger partial charge >= 0.3 is 6.03 Å². The van der Waals surface area contributed by atoms with Gasteiger partial charge in [0.05, 0.1) is 88.9 Å². The largest absolute Gasteiger partial charge is 0.493 e. The van der Waals surface area contributed by atoms with E-state index in [4.69, 9.17) is 14.2 Å². The van der Waals surface area contributed by atoms with E-state index >= 15 is 4.39 Å². The van der Waals surface area contributed by atoms with E-state index in [0.29, 0.717) is 54.2 Å². The summed E-state index contributed by atoms with van der Waals surface area (Å²) >= 11 is 0. The average molecular weight is 710 g/mol. The van der Waals surface area contributed by atoms with Crippen LogP contribution >= 0.6 is 0 Å². The summed E-state index contributed by atoms with van der Waals surface area (Å²) in [5.74, 6) is 0.989. The molecule has 0 radical (unpaired) electrons. The first-order valence-electron chi connectivity index (χ1n) is 17.8. The summed E-state index contributed by atoms with van der Waals surface area (Å²) in [5, 5.41) is 10.5. The Hall–Kier alpha value is -4.62. The molecule has 1 saturated heterocycles. The molecule has 3 heterocycles. The Morgan fingerprint density at radius 1 is 0.943 bits per heavy atom. The van der Waals surface area contributed by atoms with Crippen LogP contribution in [0.1, 0.15) is 12.8 Å². The Morgan fingerprint density at radius 2 is 1.60 bits per heavy atom. The van der Waals surface area contributed by atoms with Crippen LogP contribution in [0.25, 0.3) is 10.9 Å². The molecule has 266 valence electrons. The number of rotatable bonds is 12. The number of methoxy groups -OCH3 is 1. The number of nitrogens with one attached hydrogen (secondary N) is 2. The van der Waals surface area contributed by atoms with Gasteiger partial charge < -0.3 is 29.7 Å². The van der Waals surface area contributed by atoms with E-state index in [9.17, 15) is 9.59 Å². The number of hydrogen-bond acceptors (Lipinski definition) is 9. The molecular weight excluding hydrogens is 667 g/mol. The van der Waals surface area contributed by atoms with E-state index in [1.807, 2.05) is 0 Å². The molecule has 2 amide bonds. The number of carbonyl (C=O) groups excluding carboxylic acids is 2. The number of likely N-dealkylation sites (tertiary alicyclic amines) is 1. The summed E-state index contributed by atoms with van der Waals surface area (Å²) in [4.78, 5) is 36.2. The molecule has 2 aromatic heterocycles. The van der Waals surface area contributed by atoms with Crippen molar-refractivity contribution < 1.29 is 28.2 Å². The normalized spacial score (nSPS) is 14.3. The second kappa shape index (κ2) is 15.0. The Bertz CT molecular complexity index is 1980. The summed E-state index contributed by atoms with van der Waals surface area (Å²) in [6, 6.07) is 9.05. The van der Waals surface area contributed by atoms with Gasteiger partial charge in [0.1, 0.15) is 29.8 Å². The van der Waals surface area contributed by atoms with Crippen molar-refractivity contribution in [2.24, 2.45) is 0 Å². The number of anilines is 2. The van der Waals surface area contributed by atoms with Gasteiger partial charge in [0, 0.05) is 55.7 Å². The zero-order valence-corrected chi connectivity index (χ0v) is 32.5. The highest BCUT2D eigenvalue weighted by atomic mass is 19.1. The fourth-order valence-electron chi connectivity index (χ4n) is 8.46. The SMILES string of the molecule is BC(B)(B)C(NC(=O)n1ccc(Oc2ccc(Nc3ncnc4cc(OC)c(OC5CCN(C(=O)C=C)CC5)cc34)c(F)c2)n1)(C(B)(B)B)C(B)(B)B. The number of carbonyl (C=O) groups is 2. The van der Waals surface area contributed by atoms with E-state index < -0.39 is 11.4 Å². The number of hydrogen-bond donors (Lipinski definition) is 2. The van der Waals surface area contributed by atoms with E-state index in [-0.39, 0.29) is 50.7 Å². The van der Waals surface area contributed by atoms with Crippen molar-refractivity contribution in [2.45, 2.75) is 39.8 Å². The predicted octanol–water partition coefficient (Wildman–Crippen LogP) is -3.72. The molecule has 2 N–H and O–H groups in total. The third kappa shape index (κ3) is 8.16. The summed E-state index contributed by atoms with van der Waals surface area (Å²) in [5.41, 5.74) is 0.107. The lowest BCUT2D eigenvalue weighted by Crippen LogP contribution is -2.72. The van der Waals surface area contributed by atoms with E-state index in [0.717, 1.165) is 0 Å². The van der Waals surface area contributed by atoms with E-state index in [1.54, 1.807) is 36.3 Å². The number of nitrogens with zero attached hydrogens (tertiary/aromatic N) is 5. The Balaban J connectivity index is 1.31.